The molecule has 0 spiro atoms. The number of rotatable bonds is 14. The van der Waals surface area contributed by atoms with Gasteiger partial charge in [0.2, 0.25) is 0 Å². The first-order valence-corrected chi connectivity index (χ1v) is 14.0. The average Bonchev–Trinajstić information content (AvgIpc) is 3.00. The zero-order valence-corrected chi connectivity index (χ0v) is 23.5. The molecule has 2 amide bonds. The van der Waals surface area contributed by atoms with Crippen LogP contribution in [-0.2, 0) is 0 Å². The SMILES string of the molecule is CCCCOc1cccc(C(=O)Nc2ccc(Oc3ccc(NC(=O)c4cccc(OCCCC)c4)cc3)cc2)c1. The van der Waals surface area contributed by atoms with Crippen molar-refractivity contribution >= 4 is 23.2 Å². The first-order chi connectivity index (χ1) is 20.0. The molecule has 0 saturated heterocycles. The fourth-order valence-corrected chi connectivity index (χ4v) is 3.88. The zero-order chi connectivity index (χ0) is 28.9. The van der Waals surface area contributed by atoms with Gasteiger partial charge in [-0.3, -0.25) is 9.59 Å². The summed E-state index contributed by atoms with van der Waals surface area (Å²) in [7, 11) is 0. The van der Waals surface area contributed by atoms with Crippen molar-refractivity contribution < 1.29 is 23.8 Å². The van der Waals surface area contributed by atoms with Gasteiger partial charge in [0.1, 0.15) is 23.0 Å². The van der Waals surface area contributed by atoms with Gasteiger partial charge in [-0.2, -0.15) is 0 Å². The molecule has 4 aromatic carbocycles. The lowest BCUT2D eigenvalue weighted by Crippen LogP contribution is -2.12. The third kappa shape index (κ3) is 9.14. The second kappa shape index (κ2) is 15.1. The standard InChI is InChI=1S/C34H36N2O5/c1-3-5-21-39-31-11-7-9-25(23-31)33(37)35-27-13-17-29(18-14-27)41-30-19-15-28(16-20-30)36-34(38)26-10-8-12-32(24-26)40-22-6-4-2/h7-20,23-24H,3-6,21-22H2,1-2H3,(H,35,37)(H,36,38). The molecule has 0 aliphatic rings. The minimum atomic E-state index is -0.215. The van der Waals surface area contributed by atoms with Crippen LogP contribution in [0.15, 0.2) is 97.1 Å². The Kier molecular flexibility index (Phi) is 10.8. The van der Waals surface area contributed by atoms with Crippen molar-refractivity contribution in [1.82, 2.24) is 0 Å². The summed E-state index contributed by atoms with van der Waals surface area (Å²) >= 11 is 0. The number of amides is 2. The van der Waals surface area contributed by atoms with E-state index in [1.54, 1.807) is 72.8 Å². The van der Waals surface area contributed by atoms with Crippen LogP contribution < -0.4 is 24.8 Å². The van der Waals surface area contributed by atoms with E-state index in [1.807, 2.05) is 24.3 Å². The van der Waals surface area contributed by atoms with Gasteiger partial charge in [0.15, 0.2) is 0 Å². The number of ether oxygens (including phenoxy) is 3. The molecule has 0 atom stereocenters. The first-order valence-electron chi connectivity index (χ1n) is 14.0. The highest BCUT2D eigenvalue weighted by atomic mass is 16.5. The summed E-state index contributed by atoms with van der Waals surface area (Å²) in [6, 6.07) is 28.6. The molecule has 0 heterocycles. The van der Waals surface area contributed by atoms with E-state index in [0.29, 0.717) is 58.7 Å². The Morgan fingerprint density at radius 2 is 0.976 bits per heavy atom. The minimum absolute atomic E-state index is 0.215. The fourth-order valence-electron chi connectivity index (χ4n) is 3.88. The number of unbranched alkanes of at least 4 members (excludes halogenated alkanes) is 2. The van der Waals surface area contributed by atoms with E-state index >= 15 is 0 Å². The molecule has 0 fully saturated rings. The van der Waals surface area contributed by atoms with Gasteiger partial charge in [0.25, 0.3) is 11.8 Å². The quantitative estimate of drug-likeness (QED) is 0.154. The van der Waals surface area contributed by atoms with E-state index < -0.39 is 0 Å². The van der Waals surface area contributed by atoms with Crippen molar-refractivity contribution in [2.75, 3.05) is 23.8 Å². The molecule has 0 bridgehead atoms. The van der Waals surface area contributed by atoms with Crippen LogP contribution in [0.2, 0.25) is 0 Å². The lowest BCUT2D eigenvalue weighted by atomic mass is 10.2. The molecule has 41 heavy (non-hydrogen) atoms. The molecular weight excluding hydrogens is 516 g/mol. The third-order valence-electron chi connectivity index (χ3n) is 6.19. The molecule has 0 aliphatic heterocycles. The van der Waals surface area contributed by atoms with Crippen molar-refractivity contribution in [1.29, 1.82) is 0 Å². The minimum Gasteiger partial charge on any atom is -0.494 e. The Morgan fingerprint density at radius 1 is 0.561 bits per heavy atom. The molecule has 4 aromatic rings. The summed E-state index contributed by atoms with van der Waals surface area (Å²) in [5.74, 6) is 2.17. The van der Waals surface area contributed by atoms with Gasteiger partial charge >= 0.3 is 0 Å². The van der Waals surface area contributed by atoms with Crippen LogP contribution in [0.1, 0.15) is 60.2 Å². The molecule has 7 heteroatoms. The lowest BCUT2D eigenvalue weighted by Gasteiger charge is -2.11. The van der Waals surface area contributed by atoms with E-state index in [9.17, 15) is 9.59 Å². The van der Waals surface area contributed by atoms with E-state index in [2.05, 4.69) is 24.5 Å². The maximum absolute atomic E-state index is 12.7. The van der Waals surface area contributed by atoms with Crippen LogP contribution in [0.5, 0.6) is 23.0 Å². The molecule has 0 radical (unpaired) electrons. The highest BCUT2D eigenvalue weighted by Crippen LogP contribution is 2.25. The summed E-state index contributed by atoms with van der Waals surface area (Å²) in [5.41, 5.74) is 2.36. The average molecular weight is 553 g/mol. The summed E-state index contributed by atoms with van der Waals surface area (Å²) in [6.45, 7) is 5.47. The summed E-state index contributed by atoms with van der Waals surface area (Å²) in [6.07, 6.45) is 4.04. The number of carbonyl (C=O) groups is 2. The number of hydrogen-bond donors (Lipinski definition) is 2. The largest absolute Gasteiger partial charge is 0.494 e. The van der Waals surface area contributed by atoms with Gasteiger partial charge in [0, 0.05) is 22.5 Å². The molecule has 4 rings (SSSR count). The van der Waals surface area contributed by atoms with Crippen LogP contribution in [-0.4, -0.2) is 25.0 Å². The van der Waals surface area contributed by atoms with Gasteiger partial charge < -0.3 is 24.8 Å². The number of carbonyl (C=O) groups excluding carboxylic acids is 2. The van der Waals surface area contributed by atoms with E-state index in [4.69, 9.17) is 14.2 Å². The van der Waals surface area contributed by atoms with E-state index in [-0.39, 0.29) is 11.8 Å². The smallest absolute Gasteiger partial charge is 0.255 e. The van der Waals surface area contributed by atoms with E-state index in [1.165, 1.54) is 0 Å². The predicted molar refractivity (Wildman–Crippen MR) is 163 cm³/mol. The van der Waals surface area contributed by atoms with Crippen molar-refractivity contribution in [3.05, 3.63) is 108 Å². The van der Waals surface area contributed by atoms with Crippen molar-refractivity contribution in [3.63, 3.8) is 0 Å². The van der Waals surface area contributed by atoms with Crippen LogP contribution in [0, 0.1) is 0 Å². The maximum atomic E-state index is 12.7. The van der Waals surface area contributed by atoms with Crippen LogP contribution in [0.4, 0.5) is 11.4 Å². The molecular formula is C34H36N2O5. The van der Waals surface area contributed by atoms with Crippen LogP contribution in [0.3, 0.4) is 0 Å². The highest BCUT2D eigenvalue weighted by Gasteiger charge is 2.10. The summed E-state index contributed by atoms with van der Waals surface area (Å²) < 4.78 is 17.3. The van der Waals surface area contributed by atoms with Crippen molar-refractivity contribution in [2.45, 2.75) is 39.5 Å². The first kappa shape index (κ1) is 29.2. The Balaban J connectivity index is 1.28. The van der Waals surface area contributed by atoms with Crippen molar-refractivity contribution in [3.8, 4) is 23.0 Å². The van der Waals surface area contributed by atoms with Gasteiger partial charge in [0.05, 0.1) is 13.2 Å². The summed E-state index contributed by atoms with van der Waals surface area (Å²) in [4.78, 5) is 25.4. The number of hydrogen-bond acceptors (Lipinski definition) is 5. The van der Waals surface area contributed by atoms with Gasteiger partial charge in [-0.1, -0.05) is 38.8 Å². The monoisotopic (exact) mass is 552 g/mol. The summed E-state index contributed by atoms with van der Waals surface area (Å²) in [5, 5.41) is 5.80. The molecule has 0 saturated carbocycles. The molecule has 0 aromatic heterocycles. The van der Waals surface area contributed by atoms with Crippen LogP contribution >= 0.6 is 0 Å². The van der Waals surface area contributed by atoms with E-state index in [0.717, 1.165) is 25.7 Å². The third-order valence-corrected chi connectivity index (χ3v) is 6.19. The fraction of sp³-hybridized carbons (Fsp3) is 0.235. The Morgan fingerprint density at radius 3 is 1.37 bits per heavy atom. The molecule has 0 unspecified atom stereocenters. The van der Waals surface area contributed by atoms with Crippen LogP contribution in [0.25, 0.3) is 0 Å². The second-order valence-corrected chi connectivity index (χ2v) is 9.52. The molecule has 2 N–H and O–H groups in total. The maximum Gasteiger partial charge on any atom is 0.255 e. The Hall–Kier alpha value is -4.78. The predicted octanol–water partition coefficient (Wildman–Crippen LogP) is 8.34. The Labute approximate surface area is 241 Å². The topological polar surface area (TPSA) is 85.9 Å². The number of nitrogens with one attached hydrogen (secondary N) is 2. The zero-order valence-electron chi connectivity index (χ0n) is 23.5. The van der Waals surface area contributed by atoms with Crippen molar-refractivity contribution in [2.24, 2.45) is 0 Å². The van der Waals surface area contributed by atoms with Gasteiger partial charge in [-0.05, 0) is 97.8 Å². The molecule has 0 aliphatic carbocycles. The second-order valence-electron chi connectivity index (χ2n) is 9.52. The van der Waals surface area contributed by atoms with Gasteiger partial charge in [-0.15, -0.1) is 0 Å². The normalized spacial score (nSPS) is 10.5. The highest BCUT2D eigenvalue weighted by molar-refractivity contribution is 6.05. The lowest BCUT2D eigenvalue weighted by molar-refractivity contribution is 0.101. The Bertz CT molecular complexity index is 1310. The number of benzene rings is 4. The molecule has 7 nitrogen and oxygen atoms in total. The van der Waals surface area contributed by atoms with Gasteiger partial charge in [-0.25, -0.2) is 0 Å². The molecule has 212 valence electrons. The number of anilines is 2.